The van der Waals surface area contributed by atoms with E-state index in [1.807, 2.05) is 0 Å². The summed E-state index contributed by atoms with van der Waals surface area (Å²) in [4.78, 5) is 28.8. The summed E-state index contributed by atoms with van der Waals surface area (Å²) in [6.45, 7) is 0. The number of hydrogen-bond acceptors (Lipinski definition) is 5. The molecule has 0 aliphatic heterocycles. The van der Waals surface area contributed by atoms with Crippen molar-refractivity contribution in [2.45, 2.75) is 0 Å². The molecule has 0 atom stereocenters. The number of rotatable bonds is 3. The van der Waals surface area contributed by atoms with Crippen LogP contribution in [0.5, 0.6) is 0 Å². The Labute approximate surface area is 141 Å². The van der Waals surface area contributed by atoms with E-state index in [9.17, 15) is 9.59 Å². The number of aromatic nitrogens is 3. The molecule has 7 nitrogen and oxygen atoms in total. The van der Waals surface area contributed by atoms with Gasteiger partial charge in [-0.05, 0) is 30.3 Å². The number of nitrogens with zero attached hydrogens (tertiary/aromatic N) is 2. The number of amides is 1. The molecule has 0 aliphatic carbocycles. The molecule has 0 radical (unpaired) electrons. The quantitative estimate of drug-likeness (QED) is 0.601. The van der Waals surface area contributed by atoms with Gasteiger partial charge in [0.15, 0.2) is 0 Å². The fraction of sp³-hybridized carbons (Fsp3) is 0. The summed E-state index contributed by atoms with van der Waals surface area (Å²) in [5.74, 6) is -0.211. The van der Waals surface area contributed by atoms with Crippen molar-refractivity contribution in [1.29, 1.82) is 0 Å². The molecule has 0 saturated heterocycles. The average Bonchev–Trinajstić information content (AvgIpc) is 3.17. The van der Waals surface area contributed by atoms with E-state index in [1.54, 1.807) is 54.6 Å². The summed E-state index contributed by atoms with van der Waals surface area (Å²) in [5, 5.41) is 9.53. The molecule has 0 saturated carbocycles. The maximum absolute atomic E-state index is 12.2. The van der Waals surface area contributed by atoms with E-state index in [1.165, 1.54) is 6.20 Å². The fourth-order valence-corrected chi connectivity index (χ4v) is 2.48. The van der Waals surface area contributed by atoms with Crippen molar-refractivity contribution in [2.75, 3.05) is 5.32 Å². The van der Waals surface area contributed by atoms with Crippen LogP contribution in [0.4, 0.5) is 5.69 Å². The number of carbonyl (C=O) groups is 1. The molecule has 0 fully saturated rings. The second-order valence-electron chi connectivity index (χ2n) is 5.29. The lowest BCUT2D eigenvalue weighted by molar-refractivity contribution is 0.102. The third-order valence-electron chi connectivity index (χ3n) is 3.69. The molecule has 2 heterocycles. The number of para-hydroxylation sites is 2. The minimum atomic E-state index is -0.477. The highest BCUT2D eigenvalue weighted by Crippen LogP contribution is 2.27. The highest BCUT2D eigenvalue weighted by atomic mass is 16.4. The Morgan fingerprint density at radius 2 is 1.84 bits per heavy atom. The van der Waals surface area contributed by atoms with Gasteiger partial charge in [-0.25, -0.2) is 9.78 Å². The third kappa shape index (κ3) is 2.78. The topological polar surface area (TPSA) is 101 Å². The first-order valence-electron chi connectivity index (χ1n) is 7.52. The number of benzene rings is 2. The van der Waals surface area contributed by atoms with E-state index in [2.05, 4.69) is 20.5 Å². The first-order chi connectivity index (χ1) is 12.2. The van der Waals surface area contributed by atoms with Crippen LogP contribution in [0.15, 0.2) is 70.0 Å². The number of aromatic amines is 1. The average molecular weight is 332 g/mol. The van der Waals surface area contributed by atoms with Gasteiger partial charge in [0.2, 0.25) is 5.89 Å². The zero-order valence-electron chi connectivity index (χ0n) is 12.9. The molecule has 0 unspecified atom stereocenters. The van der Waals surface area contributed by atoms with Gasteiger partial charge < -0.3 is 9.73 Å². The lowest BCUT2D eigenvalue weighted by Gasteiger charge is -2.09. The normalized spacial score (nSPS) is 10.7. The van der Waals surface area contributed by atoms with Gasteiger partial charge in [-0.3, -0.25) is 9.89 Å². The van der Waals surface area contributed by atoms with Gasteiger partial charge in [-0.2, -0.15) is 5.10 Å². The Hall–Kier alpha value is -3.74. The number of nitrogens with one attached hydrogen (secondary N) is 2. The number of H-pyrrole nitrogens is 1. The molecule has 25 heavy (non-hydrogen) atoms. The predicted molar refractivity (Wildman–Crippen MR) is 92.3 cm³/mol. The summed E-state index contributed by atoms with van der Waals surface area (Å²) in [5.41, 5.74) is 1.37. The Bertz CT molecular complexity index is 1120. The molecule has 1 amide bonds. The molecular formula is C18H12N4O3. The van der Waals surface area contributed by atoms with Gasteiger partial charge in [0.05, 0.1) is 22.2 Å². The molecule has 0 spiro atoms. The van der Waals surface area contributed by atoms with Gasteiger partial charge in [-0.15, -0.1) is 0 Å². The van der Waals surface area contributed by atoms with Crippen molar-refractivity contribution in [3.8, 4) is 11.5 Å². The zero-order valence-corrected chi connectivity index (χ0v) is 12.9. The summed E-state index contributed by atoms with van der Waals surface area (Å²) in [7, 11) is 0. The van der Waals surface area contributed by atoms with E-state index >= 15 is 0 Å². The first kappa shape index (κ1) is 14.8. The van der Waals surface area contributed by atoms with Crippen LogP contribution < -0.4 is 10.9 Å². The van der Waals surface area contributed by atoms with Gasteiger partial charge >= 0.3 is 5.63 Å². The SMILES string of the molecule is O=C(Nc1ccccc1-c1nc2ccccc2c(=O)o1)c1ccn[nH]1. The van der Waals surface area contributed by atoms with Crippen LogP contribution in [-0.2, 0) is 0 Å². The molecule has 7 heteroatoms. The van der Waals surface area contributed by atoms with Crippen LogP contribution in [-0.4, -0.2) is 21.1 Å². The molecule has 2 N–H and O–H groups in total. The minimum absolute atomic E-state index is 0.143. The van der Waals surface area contributed by atoms with Crippen molar-refractivity contribution in [1.82, 2.24) is 15.2 Å². The Kier molecular flexibility index (Phi) is 3.59. The monoisotopic (exact) mass is 332 g/mol. The van der Waals surface area contributed by atoms with Crippen LogP contribution in [0.25, 0.3) is 22.4 Å². The second kappa shape index (κ2) is 6.04. The Morgan fingerprint density at radius 1 is 1.04 bits per heavy atom. The van der Waals surface area contributed by atoms with Crippen molar-refractivity contribution in [3.63, 3.8) is 0 Å². The van der Waals surface area contributed by atoms with Crippen LogP contribution in [0.1, 0.15) is 10.5 Å². The standard InChI is InChI=1S/C18H12N4O3/c23-16(15-9-10-19-22-15)20-13-7-3-1-5-11(13)17-21-14-8-4-2-6-12(14)18(24)25-17/h1-10H,(H,19,22)(H,20,23). The first-order valence-corrected chi connectivity index (χ1v) is 7.52. The summed E-state index contributed by atoms with van der Waals surface area (Å²) in [6, 6.07) is 15.5. The minimum Gasteiger partial charge on any atom is -0.403 e. The van der Waals surface area contributed by atoms with E-state index in [4.69, 9.17) is 4.42 Å². The molecule has 4 rings (SSSR count). The zero-order chi connectivity index (χ0) is 17.2. The lowest BCUT2D eigenvalue weighted by atomic mass is 10.1. The molecule has 0 bridgehead atoms. The predicted octanol–water partition coefficient (Wildman–Crippen LogP) is 2.83. The van der Waals surface area contributed by atoms with Crippen molar-refractivity contribution < 1.29 is 9.21 Å². The van der Waals surface area contributed by atoms with E-state index in [0.717, 1.165) is 0 Å². The third-order valence-corrected chi connectivity index (χ3v) is 3.69. The van der Waals surface area contributed by atoms with Crippen LogP contribution in [0, 0.1) is 0 Å². The summed E-state index contributed by atoms with van der Waals surface area (Å²) in [6.07, 6.45) is 1.49. The lowest BCUT2D eigenvalue weighted by Crippen LogP contribution is -2.13. The van der Waals surface area contributed by atoms with Crippen molar-refractivity contribution >= 4 is 22.5 Å². The summed E-state index contributed by atoms with van der Waals surface area (Å²) < 4.78 is 5.35. The molecule has 4 aromatic rings. The highest BCUT2D eigenvalue weighted by molar-refractivity contribution is 6.04. The summed E-state index contributed by atoms with van der Waals surface area (Å²) >= 11 is 0. The molecule has 122 valence electrons. The van der Waals surface area contributed by atoms with Crippen molar-refractivity contribution in [3.05, 3.63) is 76.9 Å². The van der Waals surface area contributed by atoms with E-state index in [0.29, 0.717) is 27.8 Å². The number of carbonyl (C=O) groups excluding carboxylic acids is 1. The number of hydrogen-bond donors (Lipinski definition) is 2. The Balaban J connectivity index is 1.79. The molecule has 2 aromatic heterocycles. The molecular weight excluding hydrogens is 320 g/mol. The molecule has 2 aromatic carbocycles. The maximum atomic E-state index is 12.2. The van der Waals surface area contributed by atoms with Crippen LogP contribution in [0.2, 0.25) is 0 Å². The largest absolute Gasteiger partial charge is 0.403 e. The number of anilines is 1. The van der Waals surface area contributed by atoms with Gasteiger partial charge in [-0.1, -0.05) is 24.3 Å². The van der Waals surface area contributed by atoms with Gasteiger partial charge in [0.25, 0.3) is 5.91 Å². The molecule has 0 aliphatic rings. The van der Waals surface area contributed by atoms with Gasteiger partial charge in [0, 0.05) is 6.20 Å². The van der Waals surface area contributed by atoms with Gasteiger partial charge in [0.1, 0.15) is 5.69 Å². The Morgan fingerprint density at radius 3 is 2.68 bits per heavy atom. The van der Waals surface area contributed by atoms with E-state index < -0.39 is 5.63 Å². The van der Waals surface area contributed by atoms with E-state index in [-0.39, 0.29) is 11.8 Å². The van der Waals surface area contributed by atoms with Crippen LogP contribution >= 0.6 is 0 Å². The highest BCUT2D eigenvalue weighted by Gasteiger charge is 2.15. The number of fused-ring (bicyclic) bond motifs is 1. The van der Waals surface area contributed by atoms with Crippen molar-refractivity contribution in [2.24, 2.45) is 0 Å². The fourth-order valence-electron chi connectivity index (χ4n) is 2.48. The second-order valence-corrected chi connectivity index (χ2v) is 5.29. The maximum Gasteiger partial charge on any atom is 0.347 e. The smallest absolute Gasteiger partial charge is 0.347 e. The van der Waals surface area contributed by atoms with Crippen LogP contribution in [0.3, 0.4) is 0 Å².